The lowest BCUT2D eigenvalue weighted by atomic mass is 9.97. The zero-order valence-corrected chi connectivity index (χ0v) is 10.6. The van der Waals surface area contributed by atoms with Gasteiger partial charge in [-0.25, -0.2) is 0 Å². The lowest BCUT2D eigenvalue weighted by Gasteiger charge is -2.24. The molecule has 0 N–H and O–H groups in total. The Morgan fingerprint density at radius 1 is 1.62 bits per heavy atom. The van der Waals surface area contributed by atoms with Crippen LogP contribution < -0.4 is 4.74 Å². The molecule has 0 fully saturated rings. The van der Waals surface area contributed by atoms with E-state index in [1.165, 1.54) is 0 Å². The number of halogens is 1. The molecule has 0 bridgehead atoms. The molecule has 16 heavy (non-hydrogen) atoms. The molecule has 1 aromatic rings. The average molecular weight is 285 g/mol. The van der Waals surface area contributed by atoms with Crippen LogP contribution in [0.1, 0.15) is 12.5 Å². The van der Waals surface area contributed by atoms with E-state index in [9.17, 15) is 4.79 Å². The number of benzene rings is 1. The van der Waals surface area contributed by atoms with Crippen molar-refractivity contribution in [3.8, 4) is 5.75 Å². The van der Waals surface area contributed by atoms with Gasteiger partial charge in [0.15, 0.2) is 0 Å². The van der Waals surface area contributed by atoms with Gasteiger partial charge in [0.2, 0.25) is 0 Å². The van der Waals surface area contributed by atoms with E-state index < -0.39 is 0 Å². The number of hydrogen-bond donors (Lipinski definition) is 0. The first-order chi connectivity index (χ1) is 7.72. The van der Waals surface area contributed by atoms with Gasteiger partial charge < -0.3 is 9.47 Å². The summed E-state index contributed by atoms with van der Waals surface area (Å²) >= 11 is 3.47. The quantitative estimate of drug-likeness (QED) is 0.783. The molecule has 1 atom stereocenters. The average Bonchev–Trinajstić information content (AvgIpc) is 2.29. The second kappa shape index (κ2) is 4.87. The third-order valence-electron chi connectivity index (χ3n) is 2.59. The van der Waals surface area contributed by atoms with E-state index in [2.05, 4.69) is 15.9 Å². The molecule has 0 spiro atoms. The maximum atomic E-state index is 11.6. The van der Waals surface area contributed by atoms with Crippen LogP contribution in [0.15, 0.2) is 22.7 Å². The summed E-state index contributed by atoms with van der Waals surface area (Å²) in [6.07, 6.45) is 0.676. The lowest BCUT2D eigenvalue weighted by molar-refractivity contribution is -0.149. The number of ether oxygens (including phenoxy) is 2. The van der Waals surface area contributed by atoms with Crippen molar-refractivity contribution in [2.75, 3.05) is 13.2 Å². The molecule has 0 saturated heterocycles. The van der Waals surface area contributed by atoms with Crippen LogP contribution in [0, 0.1) is 5.92 Å². The highest BCUT2D eigenvalue weighted by Crippen LogP contribution is 2.33. The number of carbonyl (C=O) groups excluding carboxylic acids is 1. The number of esters is 1. The highest BCUT2D eigenvalue weighted by molar-refractivity contribution is 9.10. The molecule has 1 aromatic carbocycles. The van der Waals surface area contributed by atoms with Crippen LogP contribution in [0.2, 0.25) is 0 Å². The minimum atomic E-state index is -0.189. The molecular weight excluding hydrogens is 272 g/mol. The van der Waals surface area contributed by atoms with E-state index in [1.54, 1.807) is 0 Å². The Hall–Kier alpha value is -1.03. The molecule has 1 heterocycles. The monoisotopic (exact) mass is 284 g/mol. The Labute approximate surface area is 103 Å². The lowest BCUT2D eigenvalue weighted by Crippen LogP contribution is -2.29. The molecular formula is C12H13BrO3. The zero-order valence-electron chi connectivity index (χ0n) is 9.03. The fraction of sp³-hybridized carbons (Fsp3) is 0.417. The number of hydrogen-bond acceptors (Lipinski definition) is 3. The first-order valence-electron chi connectivity index (χ1n) is 5.29. The van der Waals surface area contributed by atoms with Crippen molar-refractivity contribution in [1.29, 1.82) is 0 Å². The van der Waals surface area contributed by atoms with Crippen molar-refractivity contribution in [2.45, 2.75) is 13.3 Å². The Morgan fingerprint density at radius 3 is 3.19 bits per heavy atom. The molecule has 2 rings (SSSR count). The van der Waals surface area contributed by atoms with Gasteiger partial charge in [0, 0.05) is 10.0 Å². The molecule has 3 nitrogen and oxygen atoms in total. The highest BCUT2D eigenvalue weighted by atomic mass is 79.9. The van der Waals surface area contributed by atoms with Crippen LogP contribution in [-0.2, 0) is 16.0 Å². The van der Waals surface area contributed by atoms with Crippen LogP contribution in [0.5, 0.6) is 5.75 Å². The van der Waals surface area contributed by atoms with Crippen LogP contribution in [0.3, 0.4) is 0 Å². The molecule has 4 heteroatoms. The number of fused-ring (bicyclic) bond motifs is 1. The summed E-state index contributed by atoms with van der Waals surface area (Å²) in [6, 6.07) is 5.80. The van der Waals surface area contributed by atoms with Crippen molar-refractivity contribution in [1.82, 2.24) is 0 Å². The van der Waals surface area contributed by atoms with Gasteiger partial charge in [-0.1, -0.05) is 22.0 Å². The van der Waals surface area contributed by atoms with E-state index in [0.717, 1.165) is 15.8 Å². The smallest absolute Gasteiger partial charge is 0.312 e. The van der Waals surface area contributed by atoms with Gasteiger partial charge in [0.05, 0.1) is 12.5 Å². The summed E-state index contributed by atoms with van der Waals surface area (Å²) < 4.78 is 11.5. The summed E-state index contributed by atoms with van der Waals surface area (Å²) in [5, 5.41) is 0. The van der Waals surface area contributed by atoms with E-state index in [0.29, 0.717) is 19.6 Å². The largest absolute Gasteiger partial charge is 0.492 e. The van der Waals surface area contributed by atoms with Crippen LogP contribution in [-0.4, -0.2) is 19.2 Å². The third-order valence-corrected chi connectivity index (χ3v) is 3.33. The van der Waals surface area contributed by atoms with Gasteiger partial charge in [-0.05, 0) is 25.5 Å². The molecule has 1 unspecified atom stereocenters. The normalized spacial score (nSPS) is 18.5. The molecule has 1 aliphatic rings. The van der Waals surface area contributed by atoms with Gasteiger partial charge in [0.1, 0.15) is 12.4 Å². The maximum Gasteiger partial charge on any atom is 0.312 e. The fourth-order valence-corrected chi connectivity index (χ4v) is 2.29. The summed E-state index contributed by atoms with van der Waals surface area (Å²) in [6.45, 7) is 2.63. The summed E-state index contributed by atoms with van der Waals surface area (Å²) in [4.78, 5) is 11.6. The van der Waals surface area contributed by atoms with Crippen LogP contribution >= 0.6 is 15.9 Å². The minimum absolute atomic E-state index is 0.177. The SMILES string of the molecule is CCOC(=O)C1COc2cccc(Br)c2C1. The number of carbonyl (C=O) groups is 1. The first kappa shape index (κ1) is 11.5. The molecule has 0 saturated carbocycles. The third kappa shape index (κ3) is 2.21. The van der Waals surface area contributed by atoms with E-state index in [4.69, 9.17) is 9.47 Å². The van der Waals surface area contributed by atoms with Crippen molar-refractivity contribution < 1.29 is 14.3 Å². The molecule has 0 amide bonds. The maximum absolute atomic E-state index is 11.6. The first-order valence-corrected chi connectivity index (χ1v) is 6.08. The second-order valence-electron chi connectivity index (χ2n) is 3.68. The van der Waals surface area contributed by atoms with Crippen LogP contribution in [0.4, 0.5) is 0 Å². The predicted octanol–water partition coefficient (Wildman–Crippen LogP) is 2.56. The fourth-order valence-electron chi connectivity index (χ4n) is 1.78. The molecule has 0 radical (unpaired) electrons. The minimum Gasteiger partial charge on any atom is -0.492 e. The Kier molecular flexibility index (Phi) is 3.49. The molecule has 0 aromatic heterocycles. The van der Waals surface area contributed by atoms with Gasteiger partial charge in [-0.2, -0.15) is 0 Å². The molecule has 86 valence electrons. The van der Waals surface area contributed by atoms with Gasteiger partial charge in [-0.15, -0.1) is 0 Å². The topological polar surface area (TPSA) is 35.5 Å². The summed E-state index contributed by atoms with van der Waals surface area (Å²) in [5.74, 6) is 0.491. The predicted molar refractivity (Wildman–Crippen MR) is 63.5 cm³/mol. The standard InChI is InChI=1S/C12H13BrO3/c1-2-15-12(14)8-6-9-10(13)4-3-5-11(9)16-7-8/h3-5,8H,2,6-7H2,1H3. The van der Waals surface area contributed by atoms with E-state index >= 15 is 0 Å². The van der Waals surface area contributed by atoms with Crippen molar-refractivity contribution in [3.63, 3.8) is 0 Å². The Bertz CT molecular complexity index is 403. The van der Waals surface area contributed by atoms with Crippen molar-refractivity contribution in [3.05, 3.63) is 28.2 Å². The molecule has 1 aliphatic heterocycles. The summed E-state index contributed by atoms with van der Waals surface area (Å²) in [5.41, 5.74) is 1.05. The van der Waals surface area contributed by atoms with Gasteiger partial charge in [-0.3, -0.25) is 4.79 Å². The van der Waals surface area contributed by atoms with E-state index in [-0.39, 0.29) is 11.9 Å². The number of rotatable bonds is 2. The molecule has 0 aliphatic carbocycles. The van der Waals surface area contributed by atoms with Gasteiger partial charge in [0.25, 0.3) is 0 Å². The van der Waals surface area contributed by atoms with E-state index in [1.807, 2.05) is 25.1 Å². The van der Waals surface area contributed by atoms with Crippen LogP contribution in [0.25, 0.3) is 0 Å². The zero-order chi connectivity index (χ0) is 11.5. The summed E-state index contributed by atoms with van der Waals surface area (Å²) in [7, 11) is 0. The van der Waals surface area contributed by atoms with Crippen molar-refractivity contribution in [2.24, 2.45) is 5.92 Å². The van der Waals surface area contributed by atoms with Crippen molar-refractivity contribution >= 4 is 21.9 Å². The Morgan fingerprint density at radius 2 is 2.44 bits per heavy atom. The Balaban J connectivity index is 2.17. The second-order valence-corrected chi connectivity index (χ2v) is 4.53. The van der Waals surface area contributed by atoms with Gasteiger partial charge >= 0.3 is 5.97 Å². The highest BCUT2D eigenvalue weighted by Gasteiger charge is 2.28.